The highest BCUT2D eigenvalue weighted by molar-refractivity contribution is 7.98. The van der Waals surface area contributed by atoms with Crippen molar-refractivity contribution in [1.82, 2.24) is 0 Å². The molecule has 0 aromatic heterocycles. The average Bonchev–Trinajstić information content (AvgIpc) is 2.34. The number of nitrogens with two attached hydrogens (primary N) is 1. The second-order valence-electron chi connectivity index (χ2n) is 3.85. The van der Waals surface area contributed by atoms with Gasteiger partial charge in [-0.3, -0.25) is 4.79 Å². The molecule has 4 heteroatoms. The van der Waals surface area contributed by atoms with Crippen LogP contribution >= 0.6 is 11.8 Å². The summed E-state index contributed by atoms with van der Waals surface area (Å²) in [6, 6.07) is 7.54. The lowest BCUT2D eigenvalue weighted by Crippen LogP contribution is -2.32. The van der Waals surface area contributed by atoms with Crippen LogP contribution in [0.15, 0.2) is 24.3 Å². The van der Waals surface area contributed by atoms with Crippen molar-refractivity contribution in [3.05, 3.63) is 24.3 Å². The summed E-state index contributed by atoms with van der Waals surface area (Å²) < 4.78 is 0. The molecule has 0 bridgehead atoms. The van der Waals surface area contributed by atoms with E-state index in [9.17, 15) is 4.79 Å². The summed E-state index contributed by atoms with van der Waals surface area (Å²) in [4.78, 5) is 13.9. The first-order valence-corrected chi connectivity index (χ1v) is 7.24. The second-order valence-corrected chi connectivity index (χ2v) is 4.83. The minimum atomic E-state index is 0.152. The standard InChI is InChI=1S/C13H20N2OS/c1-3-9-15(13(16)8-10-17-2)12-7-5-4-6-11(12)14/h4-7H,3,8-10,14H2,1-2H3. The van der Waals surface area contributed by atoms with Crippen LogP contribution in [-0.4, -0.2) is 24.5 Å². The number of hydrogen-bond acceptors (Lipinski definition) is 3. The Balaban J connectivity index is 2.85. The predicted octanol–water partition coefficient (Wildman–Crippen LogP) is 2.76. The highest BCUT2D eigenvalue weighted by Gasteiger charge is 2.16. The molecule has 1 amide bonds. The molecule has 0 spiro atoms. The summed E-state index contributed by atoms with van der Waals surface area (Å²) in [5.41, 5.74) is 7.42. The van der Waals surface area contributed by atoms with Gasteiger partial charge in [-0.1, -0.05) is 19.1 Å². The fourth-order valence-electron chi connectivity index (χ4n) is 1.66. The Kier molecular flexibility index (Phi) is 5.91. The van der Waals surface area contributed by atoms with Crippen LogP contribution in [0.25, 0.3) is 0 Å². The first-order chi connectivity index (χ1) is 8.20. The van der Waals surface area contributed by atoms with Crippen molar-refractivity contribution in [3.8, 4) is 0 Å². The number of carbonyl (C=O) groups excluding carboxylic acids is 1. The number of amides is 1. The van der Waals surface area contributed by atoms with Gasteiger partial charge in [0.2, 0.25) is 5.91 Å². The van der Waals surface area contributed by atoms with Gasteiger partial charge in [0.25, 0.3) is 0 Å². The summed E-state index contributed by atoms with van der Waals surface area (Å²) in [6.45, 7) is 2.79. The van der Waals surface area contributed by atoms with Crippen molar-refractivity contribution < 1.29 is 4.79 Å². The van der Waals surface area contributed by atoms with E-state index in [1.807, 2.05) is 30.5 Å². The highest BCUT2D eigenvalue weighted by Crippen LogP contribution is 2.23. The lowest BCUT2D eigenvalue weighted by molar-refractivity contribution is -0.118. The quantitative estimate of drug-likeness (QED) is 0.792. The third-order valence-electron chi connectivity index (χ3n) is 2.50. The fourth-order valence-corrected chi connectivity index (χ4v) is 2.04. The average molecular weight is 252 g/mol. The van der Waals surface area contributed by atoms with Gasteiger partial charge in [-0.05, 0) is 24.8 Å². The van der Waals surface area contributed by atoms with E-state index in [0.29, 0.717) is 12.1 Å². The van der Waals surface area contributed by atoms with Gasteiger partial charge in [0, 0.05) is 18.7 Å². The Hall–Kier alpha value is -1.16. The molecular formula is C13H20N2OS. The topological polar surface area (TPSA) is 46.3 Å². The van der Waals surface area contributed by atoms with Crippen LogP contribution in [0.4, 0.5) is 11.4 Å². The zero-order chi connectivity index (χ0) is 12.7. The first kappa shape index (κ1) is 13.9. The van der Waals surface area contributed by atoms with E-state index in [1.54, 1.807) is 16.7 Å². The Bertz CT molecular complexity index is 368. The number of nitrogen functional groups attached to an aromatic ring is 1. The molecule has 0 unspecified atom stereocenters. The zero-order valence-electron chi connectivity index (χ0n) is 10.5. The van der Waals surface area contributed by atoms with Crippen LogP contribution in [0.5, 0.6) is 0 Å². The summed E-state index contributed by atoms with van der Waals surface area (Å²) in [5, 5.41) is 0. The summed E-state index contributed by atoms with van der Waals surface area (Å²) in [6.07, 6.45) is 3.50. The maximum Gasteiger partial charge on any atom is 0.227 e. The predicted molar refractivity (Wildman–Crippen MR) is 76.5 cm³/mol. The Morgan fingerprint density at radius 2 is 2.12 bits per heavy atom. The SMILES string of the molecule is CCCN(C(=O)CCSC)c1ccccc1N. The number of carbonyl (C=O) groups is 1. The summed E-state index contributed by atoms with van der Waals surface area (Å²) in [5.74, 6) is 1.00. The van der Waals surface area contributed by atoms with E-state index in [4.69, 9.17) is 5.73 Å². The molecule has 0 fully saturated rings. The molecule has 0 saturated carbocycles. The highest BCUT2D eigenvalue weighted by atomic mass is 32.2. The summed E-state index contributed by atoms with van der Waals surface area (Å²) >= 11 is 1.69. The van der Waals surface area contributed by atoms with Crippen LogP contribution in [0.1, 0.15) is 19.8 Å². The Morgan fingerprint density at radius 1 is 1.41 bits per heavy atom. The number of thioether (sulfide) groups is 1. The largest absolute Gasteiger partial charge is 0.397 e. The van der Waals surface area contributed by atoms with Crippen molar-refractivity contribution in [2.75, 3.05) is 29.2 Å². The molecule has 0 aliphatic heterocycles. The number of benzene rings is 1. The molecule has 2 N–H and O–H groups in total. The van der Waals surface area contributed by atoms with Crippen LogP contribution in [-0.2, 0) is 4.79 Å². The number of nitrogens with zero attached hydrogens (tertiary/aromatic N) is 1. The maximum atomic E-state index is 12.1. The number of para-hydroxylation sites is 2. The molecule has 0 heterocycles. The van der Waals surface area contributed by atoms with Gasteiger partial charge >= 0.3 is 0 Å². The van der Waals surface area contributed by atoms with Gasteiger partial charge in [0.05, 0.1) is 11.4 Å². The molecule has 0 aliphatic rings. The number of anilines is 2. The molecule has 1 aromatic rings. The van der Waals surface area contributed by atoms with E-state index in [0.717, 1.165) is 24.4 Å². The zero-order valence-corrected chi connectivity index (χ0v) is 11.3. The van der Waals surface area contributed by atoms with Crippen molar-refractivity contribution in [2.24, 2.45) is 0 Å². The Morgan fingerprint density at radius 3 is 2.71 bits per heavy atom. The normalized spacial score (nSPS) is 10.2. The van der Waals surface area contributed by atoms with Crippen LogP contribution in [0.3, 0.4) is 0 Å². The van der Waals surface area contributed by atoms with Crippen LogP contribution in [0.2, 0.25) is 0 Å². The van der Waals surface area contributed by atoms with E-state index in [1.165, 1.54) is 0 Å². The Labute approximate surface area is 107 Å². The molecule has 0 atom stereocenters. The van der Waals surface area contributed by atoms with E-state index in [-0.39, 0.29) is 5.91 Å². The molecule has 0 radical (unpaired) electrons. The van der Waals surface area contributed by atoms with Crippen molar-refractivity contribution in [3.63, 3.8) is 0 Å². The van der Waals surface area contributed by atoms with Gasteiger partial charge in [-0.2, -0.15) is 11.8 Å². The van der Waals surface area contributed by atoms with Crippen molar-refractivity contribution >= 4 is 29.0 Å². The lowest BCUT2D eigenvalue weighted by Gasteiger charge is -2.23. The van der Waals surface area contributed by atoms with E-state index >= 15 is 0 Å². The van der Waals surface area contributed by atoms with Crippen LogP contribution in [0, 0.1) is 0 Å². The second kappa shape index (κ2) is 7.22. The molecule has 1 rings (SSSR count). The van der Waals surface area contributed by atoms with E-state index < -0.39 is 0 Å². The molecule has 0 aliphatic carbocycles. The molecule has 3 nitrogen and oxygen atoms in total. The number of hydrogen-bond donors (Lipinski definition) is 1. The summed E-state index contributed by atoms with van der Waals surface area (Å²) in [7, 11) is 0. The van der Waals surface area contributed by atoms with Gasteiger partial charge in [0.15, 0.2) is 0 Å². The van der Waals surface area contributed by atoms with E-state index in [2.05, 4.69) is 6.92 Å². The third-order valence-corrected chi connectivity index (χ3v) is 3.11. The minimum absolute atomic E-state index is 0.152. The monoisotopic (exact) mass is 252 g/mol. The molecule has 17 heavy (non-hydrogen) atoms. The van der Waals surface area contributed by atoms with Gasteiger partial charge in [-0.15, -0.1) is 0 Å². The molecular weight excluding hydrogens is 232 g/mol. The van der Waals surface area contributed by atoms with Gasteiger partial charge in [0.1, 0.15) is 0 Å². The third kappa shape index (κ3) is 3.97. The lowest BCUT2D eigenvalue weighted by atomic mass is 10.2. The first-order valence-electron chi connectivity index (χ1n) is 5.84. The van der Waals surface area contributed by atoms with Gasteiger partial charge < -0.3 is 10.6 Å². The smallest absolute Gasteiger partial charge is 0.227 e. The van der Waals surface area contributed by atoms with Gasteiger partial charge in [-0.25, -0.2) is 0 Å². The molecule has 0 saturated heterocycles. The molecule has 1 aromatic carbocycles. The maximum absolute atomic E-state index is 12.1. The van der Waals surface area contributed by atoms with Crippen LogP contribution < -0.4 is 10.6 Å². The number of rotatable bonds is 6. The molecule has 94 valence electrons. The van der Waals surface area contributed by atoms with Crippen molar-refractivity contribution in [1.29, 1.82) is 0 Å². The van der Waals surface area contributed by atoms with Crippen molar-refractivity contribution in [2.45, 2.75) is 19.8 Å². The fraction of sp³-hybridized carbons (Fsp3) is 0.462. The minimum Gasteiger partial charge on any atom is -0.397 e.